The molecule has 4 heteroatoms. The second kappa shape index (κ2) is 3.36. The quantitative estimate of drug-likeness (QED) is 0.620. The molecule has 13 heavy (non-hydrogen) atoms. The van der Waals surface area contributed by atoms with E-state index in [9.17, 15) is 9.59 Å². The van der Waals surface area contributed by atoms with Gasteiger partial charge >= 0.3 is 5.97 Å². The lowest BCUT2D eigenvalue weighted by molar-refractivity contribution is -0.166. The SMILES string of the molecule is CC(C)(C)C(=O)ONC(=O)C1CC1. The summed E-state index contributed by atoms with van der Waals surface area (Å²) >= 11 is 0. The van der Waals surface area contributed by atoms with Gasteiger partial charge in [-0.3, -0.25) is 4.79 Å². The standard InChI is InChI=1S/C9H15NO3/c1-9(2,3)8(12)13-10-7(11)6-4-5-6/h6H,4-5H2,1-3H3,(H,10,11). The minimum Gasteiger partial charge on any atom is -0.340 e. The lowest BCUT2D eigenvalue weighted by Gasteiger charge is -2.15. The summed E-state index contributed by atoms with van der Waals surface area (Å²) in [7, 11) is 0. The Morgan fingerprint density at radius 1 is 1.31 bits per heavy atom. The first-order chi connectivity index (χ1) is 5.91. The van der Waals surface area contributed by atoms with Crippen LogP contribution in [0.3, 0.4) is 0 Å². The highest BCUT2D eigenvalue weighted by molar-refractivity contribution is 5.82. The van der Waals surface area contributed by atoms with Crippen molar-refractivity contribution in [3.8, 4) is 0 Å². The Kier molecular flexibility index (Phi) is 2.59. The van der Waals surface area contributed by atoms with E-state index in [1.54, 1.807) is 20.8 Å². The Labute approximate surface area is 77.6 Å². The Hall–Kier alpha value is -1.06. The molecule has 1 N–H and O–H groups in total. The fraction of sp³-hybridized carbons (Fsp3) is 0.778. The minimum atomic E-state index is -0.573. The summed E-state index contributed by atoms with van der Waals surface area (Å²) in [5.74, 6) is -0.535. The predicted octanol–water partition coefficient (Wildman–Crippen LogP) is 1.02. The van der Waals surface area contributed by atoms with Gasteiger partial charge in [-0.15, -0.1) is 0 Å². The van der Waals surface area contributed by atoms with Crippen molar-refractivity contribution in [2.24, 2.45) is 11.3 Å². The summed E-state index contributed by atoms with van der Waals surface area (Å²) < 4.78 is 0. The van der Waals surface area contributed by atoms with Crippen molar-refractivity contribution in [1.82, 2.24) is 5.48 Å². The van der Waals surface area contributed by atoms with Crippen LogP contribution >= 0.6 is 0 Å². The van der Waals surface area contributed by atoms with E-state index in [0.717, 1.165) is 12.8 Å². The molecule has 1 rings (SSSR count). The molecule has 1 aliphatic carbocycles. The van der Waals surface area contributed by atoms with Crippen molar-refractivity contribution < 1.29 is 14.4 Å². The molecule has 4 nitrogen and oxygen atoms in total. The molecular formula is C9H15NO3. The second-order valence-electron chi connectivity index (χ2n) is 4.38. The van der Waals surface area contributed by atoms with Crippen LogP contribution in [0.4, 0.5) is 0 Å². The van der Waals surface area contributed by atoms with Crippen molar-refractivity contribution in [1.29, 1.82) is 0 Å². The number of nitrogens with one attached hydrogen (secondary N) is 1. The topological polar surface area (TPSA) is 55.4 Å². The van der Waals surface area contributed by atoms with Gasteiger partial charge in [0.05, 0.1) is 5.41 Å². The van der Waals surface area contributed by atoms with E-state index in [4.69, 9.17) is 0 Å². The largest absolute Gasteiger partial charge is 0.340 e. The van der Waals surface area contributed by atoms with Crippen LogP contribution in [0.1, 0.15) is 33.6 Å². The van der Waals surface area contributed by atoms with Crippen LogP contribution in [-0.4, -0.2) is 11.9 Å². The molecule has 0 spiro atoms. The van der Waals surface area contributed by atoms with Crippen LogP contribution in [0.15, 0.2) is 0 Å². The smallest absolute Gasteiger partial charge is 0.337 e. The first kappa shape index (κ1) is 10.0. The molecule has 0 unspecified atom stereocenters. The van der Waals surface area contributed by atoms with Crippen LogP contribution < -0.4 is 5.48 Å². The summed E-state index contributed by atoms with van der Waals surface area (Å²) in [6, 6.07) is 0. The molecule has 1 amide bonds. The van der Waals surface area contributed by atoms with E-state index in [2.05, 4.69) is 10.3 Å². The second-order valence-corrected chi connectivity index (χ2v) is 4.38. The molecular weight excluding hydrogens is 170 g/mol. The molecule has 0 bridgehead atoms. The van der Waals surface area contributed by atoms with E-state index in [1.807, 2.05) is 0 Å². The summed E-state index contributed by atoms with van der Waals surface area (Å²) in [5, 5.41) is 0. The first-order valence-electron chi connectivity index (χ1n) is 4.42. The highest BCUT2D eigenvalue weighted by Gasteiger charge is 2.31. The first-order valence-corrected chi connectivity index (χ1v) is 4.42. The average Bonchev–Trinajstić information content (AvgIpc) is 2.79. The molecule has 0 radical (unpaired) electrons. The number of carbonyl (C=O) groups is 2. The van der Waals surface area contributed by atoms with Crippen LogP contribution in [0.25, 0.3) is 0 Å². The Morgan fingerprint density at radius 2 is 1.85 bits per heavy atom. The molecule has 0 heterocycles. The van der Waals surface area contributed by atoms with Gasteiger partial charge in [-0.2, -0.15) is 5.48 Å². The number of carbonyl (C=O) groups excluding carboxylic acids is 2. The van der Waals surface area contributed by atoms with Crippen molar-refractivity contribution in [2.45, 2.75) is 33.6 Å². The normalized spacial score (nSPS) is 16.5. The van der Waals surface area contributed by atoms with Crippen molar-refractivity contribution in [2.75, 3.05) is 0 Å². The van der Waals surface area contributed by atoms with Crippen molar-refractivity contribution in [3.05, 3.63) is 0 Å². The van der Waals surface area contributed by atoms with Gasteiger partial charge in [-0.05, 0) is 33.6 Å². The molecule has 1 fully saturated rings. The lowest BCUT2D eigenvalue weighted by atomic mass is 9.98. The molecule has 0 aliphatic heterocycles. The fourth-order valence-corrected chi connectivity index (χ4v) is 0.679. The lowest BCUT2D eigenvalue weighted by Crippen LogP contribution is -2.33. The Balaban J connectivity index is 2.25. The fourth-order valence-electron chi connectivity index (χ4n) is 0.679. The van der Waals surface area contributed by atoms with Gasteiger partial charge in [0.1, 0.15) is 0 Å². The number of hydrogen-bond donors (Lipinski definition) is 1. The summed E-state index contributed by atoms with van der Waals surface area (Å²) in [6.45, 7) is 5.20. The molecule has 74 valence electrons. The van der Waals surface area contributed by atoms with E-state index < -0.39 is 11.4 Å². The Bertz CT molecular complexity index is 226. The highest BCUT2D eigenvalue weighted by Crippen LogP contribution is 2.28. The molecule has 0 saturated heterocycles. The monoisotopic (exact) mass is 185 g/mol. The van der Waals surface area contributed by atoms with Crippen LogP contribution in [0.5, 0.6) is 0 Å². The molecule has 0 aromatic heterocycles. The molecule has 1 aliphatic rings. The zero-order valence-corrected chi connectivity index (χ0v) is 8.22. The minimum absolute atomic E-state index is 0.0627. The zero-order chi connectivity index (χ0) is 10.1. The van der Waals surface area contributed by atoms with Gasteiger partial charge in [-0.25, -0.2) is 4.79 Å². The average molecular weight is 185 g/mol. The molecule has 0 aromatic rings. The highest BCUT2D eigenvalue weighted by atomic mass is 16.7. The van der Waals surface area contributed by atoms with E-state index in [0.29, 0.717) is 0 Å². The maximum atomic E-state index is 11.2. The third kappa shape index (κ3) is 3.05. The Morgan fingerprint density at radius 3 is 2.23 bits per heavy atom. The van der Waals surface area contributed by atoms with Gasteiger partial charge in [-0.1, -0.05) is 0 Å². The van der Waals surface area contributed by atoms with Crippen molar-refractivity contribution in [3.63, 3.8) is 0 Å². The molecule has 1 saturated carbocycles. The third-order valence-corrected chi connectivity index (χ3v) is 1.80. The van der Waals surface area contributed by atoms with Crippen molar-refractivity contribution >= 4 is 11.9 Å². The zero-order valence-electron chi connectivity index (χ0n) is 8.22. The number of amides is 1. The predicted molar refractivity (Wildman–Crippen MR) is 46.4 cm³/mol. The summed E-state index contributed by atoms with van der Waals surface area (Å²) in [4.78, 5) is 26.9. The third-order valence-electron chi connectivity index (χ3n) is 1.80. The van der Waals surface area contributed by atoms with Gasteiger partial charge in [0.25, 0.3) is 5.91 Å². The van der Waals surface area contributed by atoms with Crippen LogP contribution in [-0.2, 0) is 14.4 Å². The maximum absolute atomic E-state index is 11.2. The summed E-state index contributed by atoms with van der Waals surface area (Å²) in [6.07, 6.45) is 1.80. The van der Waals surface area contributed by atoms with E-state index in [1.165, 1.54) is 0 Å². The number of hydroxylamine groups is 1. The van der Waals surface area contributed by atoms with Gasteiger partial charge in [0.2, 0.25) is 0 Å². The maximum Gasteiger partial charge on any atom is 0.337 e. The molecule has 0 aromatic carbocycles. The number of hydrogen-bond acceptors (Lipinski definition) is 3. The van der Waals surface area contributed by atoms with Crippen LogP contribution in [0.2, 0.25) is 0 Å². The summed E-state index contributed by atoms with van der Waals surface area (Å²) in [5.41, 5.74) is 1.59. The van der Waals surface area contributed by atoms with Gasteiger partial charge < -0.3 is 4.84 Å². The van der Waals surface area contributed by atoms with E-state index in [-0.39, 0.29) is 11.8 Å². The van der Waals surface area contributed by atoms with Gasteiger partial charge in [0.15, 0.2) is 0 Å². The molecule has 0 atom stereocenters. The van der Waals surface area contributed by atoms with Gasteiger partial charge in [0, 0.05) is 5.92 Å². The van der Waals surface area contributed by atoms with E-state index >= 15 is 0 Å². The van der Waals surface area contributed by atoms with Crippen LogP contribution in [0, 0.1) is 11.3 Å². The number of rotatable bonds is 1.